The first-order valence-corrected chi connectivity index (χ1v) is 9.27. The van der Waals surface area contributed by atoms with Crippen LogP contribution in [-0.2, 0) is 6.54 Å². The van der Waals surface area contributed by atoms with E-state index >= 15 is 0 Å². The van der Waals surface area contributed by atoms with E-state index in [-0.39, 0.29) is 29.7 Å². The van der Waals surface area contributed by atoms with Crippen molar-refractivity contribution in [2.45, 2.75) is 13.5 Å². The normalized spacial score (nSPS) is 11.3. The summed E-state index contributed by atoms with van der Waals surface area (Å²) in [7, 11) is 3.81. The molecule has 4 aromatic rings. The molecule has 0 aliphatic rings. The third kappa shape index (κ3) is 3.43. The van der Waals surface area contributed by atoms with Gasteiger partial charge in [-0.15, -0.1) is 12.4 Å². The van der Waals surface area contributed by atoms with Crippen LogP contribution in [0.2, 0.25) is 0 Å². The largest absolute Gasteiger partial charge is 0.508 e. The number of phenols is 1. The Balaban J connectivity index is 0.00000225. The van der Waals surface area contributed by atoms with E-state index in [1.54, 1.807) is 25.1 Å². The number of halogens is 2. The van der Waals surface area contributed by atoms with E-state index in [9.17, 15) is 9.90 Å². The number of hydrogen-bond donors (Lipinski definition) is 1. The van der Waals surface area contributed by atoms with Crippen molar-refractivity contribution in [3.63, 3.8) is 0 Å². The SMILES string of the molecule is Cc1oc2ccc(O)c(CN(C)C)c2c1C(=O)c1cc2cc(Br)ccc2o1.Cl. The van der Waals surface area contributed by atoms with E-state index in [1.807, 2.05) is 37.2 Å². The number of furan rings is 2. The Morgan fingerprint density at radius 2 is 1.82 bits per heavy atom. The standard InChI is InChI=1S/C21H18BrNO4.ClH/c1-11-19(20-14(10-23(2)3)15(24)5-7-17(20)26-11)21(25)18-9-12-8-13(22)4-6-16(12)27-18;/h4-9,24H,10H2,1-3H3;1H. The maximum Gasteiger partial charge on any atom is 0.232 e. The van der Waals surface area contributed by atoms with Crippen LogP contribution in [-0.4, -0.2) is 29.9 Å². The maximum absolute atomic E-state index is 13.3. The second-order valence-electron chi connectivity index (χ2n) is 6.83. The summed E-state index contributed by atoms with van der Waals surface area (Å²) in [5.74, 6) is 0.624. The summed E-state index contributed by atoms with van der Waals surface area (Å²) in [6.45, 7) is 2.23. The Morgan fingerprint density at radius 1 is 1.11 bits per heavy atom. The van der Waals surface area contributed by atoms with Crippen molar-refractivity contribution in [2.75, 3.05) is 14.1 Å². The second-order valence-corrected chi connectivity index (χ2v) is 7.75. The van der Waals surface area contributed by atoms with Gasteiger partial charge in [0.05, 0.1) is 5.56 Å². The molecule has 2 aromatic carbocycles. The molecule has 0 aliphatic carbocycles. The molecule has 0 saturated carbocycles. The molecular weight excluding hydrogens is 446 g/mol. The first-order chi connectivity index (χ1) is 12.8. The van der Waals surface area contributed by atoms with E-state index in [2.05, 4.69) is 15.9 Å². The van der Waals surface area contributed by atoms with Crippen LogP contribution in [0.1, 0.15) is 27.4 Å². The third-order valence-electron chi connectivity index (χ3n) is 4.52. The Hall–Kier alpha value is -2.28. The fourth-order valence-electron chi connectivity index (χ4n) is 3.37. The van der Waals surface area contributed by atoms with E-state index in [0.717, 1.165) is 9.86 Å². The van der Waals surface area contributed by atoms with Crippen molar-refractivity contribution in [1.82, 2.24) is 4.90 Å². The quantitative estimate of drug-likeness (QED) is 0.394. The minimum Gasteiger partial charge on any atom is -0.508 e. The summed E-state index contributed by atoms with van der Waals surface area (Å²) in [6.07, 6.45) is 0. The smallest absolute Gasteiger partial charge is 0.232 e. The average Bonchev–Trinajstić information content (AvgIpc) is 3.16. The summed E-state index contributed by atoms with van der Waals surface area (Å²) in [6, 6.07) is 10.6. The number of ketones is 1. The molecule has 5 nitrogen and oxygen atoms in total. The molecule has 28 heavy (non-hydrogen) atoms. The summed E-state index contributed by atoms with van der Waals surface area (Å²) < 4.78 is 12.5. The minimum absolute atomic E-state index is 0. The van der Waals surface area contributed by atoms with Crippen molar-refractivity contribution in [3.8, 4) is 5.75 Å². The van der Waals surface area contributed by atoms with Gasteiger partial charge in [-0.2, -0.15) is 0 Å². The number of hydrogen-bond acceptors (Lipinski definition) is 5. The molecule has 0 amide bonds. The summed E-state index contributed by atoms with van der Waals surface area (Å²) >= 11 is 3.43. The van der Waals surface area contributed by atoms with Crippen LogP contribution in [0.3, 0.4) is 0 Å². The predicted molar refractivity (Wildman–Crippen MR) is 115 cm³/mol. The molecule has 0 aliphatic heterocycles. The van der Waals surface area contributed by atoms with Gasteiger partial charge in [-0.05, 0) is 57.4 Å². The fourth-order valence-corrected chi connectivity index (χ4v) is 3.74. The highest BCUT2D eigenvalue weighted by atomic mass is 79.9. The molecule has 7 heteroatoms. The molecule has 146 valence electrons. The van der Waals surface area contributed by atoms with Crippen LogP contribution in [0.5, 0.6) is 5.75 Å². The Kier molecular flexibility index (Phi) is 5.57. The van der Waals surface area contributed by atoms with E-state index in [1.165, 1.54) is 0 Å². The van der Waals surface area contributed by atoms with E-state index in [0.29, 0.717) is 40.0 Å². The molecule has 0 unspecified atom stereocenters. The molecule has 0 fully saturated rings. The lowest BCUT2D eigenvalue weighted by Gasteiger charge is -2.12. The zero-order valence-corrected chi connectivity index (χ0v) is 18.0. The number of aryl methyl sites for hydroxylation is 1. The number of fused-ring (bicyclic) bond motifs is 2. The highest BCUT2D eigenvalue weighted by Gasteiger charge is 2.26. The van der Waals surface area contributed by atoms with Gasteiger partial charge in [-0.3, -0.25) is 4.79 Å². The summed E-state index contributed by atoms with van der Waals surface area (Å²) in [5.41, 5.74) is 2.31. The third-order valence-corrected chi connectivity index (χ3v) is 5.01. The first-order valence-electron chi connectivity index (χ1n) is 8.47. The van der Waals surface area contributed by atoms with Crippen molar-refractivity contribution >= 4 is 56.1 Å². The van der Waals surface area contributed by atoms with Crippen LogP contribution < -0.4 is 0 Å². The van der Waals surface area contributed by atoms with Crippen molar-refractivity contribution in [2.24, 2.45) is 0 Å². The van der Waals surface area contributed by atoms with Crippen LogP contribution >= 0.6 is 28.3 Å². The van der Waals surface area contributed by atoms with Gasteiger partial charge in [0.2, 0.25) is 5.78 Å². The topological polar surface area (TPSA) is 66.8 Å². The Morgan fingerprint density at radius 3 is 2.54 bits per heavy atom. The molecule has 0 spiro atoms. The molecule has 0 saturated heterocycles. The van der Waals surface area contributed by atoms with Gasteiger partial charge in [0.1, 0.15) is 22.7 Å². The minimum atomic E-state index is -0.260. The maximum atomic E-state index is 13.3. The molecule has 0 bridgehead atoms. The van der Waals surface area contributed by atoms with Gasteiger partial charge in [-0.25, -0.2) is 0 Å². The van der Waals surface area contributed by atoms with Gasteiger partial charge in [0.25, 0.3) is 0 Å². The molecule has 0 atom stereocenters. The number of carbonyl (C=O) groups excluding carboxylic acids is 1. The summed E-state index contributed by atoms with van der Waals surface area (Å²) in [4.78, 5) is 15.2. The fraction of sp³-hybridized carbons (Fsp3) is 0.190. The van der Waals surface area contributed by atoms with Crippen LogP contribution in [0.15, 0.2) is 49.7 Å². The van der Waals surface area contributed by atoms with Gasteiger partial charge in [-0.1, -0.05) is 15.9 Å². The van der Waals surface area contributed by atoms with Crippen LogP contribution in [0.4, 0.5) is 0 Å². The highest BCUT2D eigenvalue weighted by molar-refractivity contribution is 9.10. The number of aromatic hydroxyl groups is 1. The lowest BCUT2D eigenvalue weighted by molar-refractivity contribution is 0.101. The number of nitrogens with zero attached hydrogens (tertiary/aromatic N) is 1. The molecule has 4 rings (SSSR count). The summed E-state index contributed by atoms with van der Waals surface area (Å²) in [5, 5.41) is 11.9. The molecule has 1 N–H and O–H groups in total. The zero-order valence-electron chi connectivity index (χ0n) is 15.6. The number of rotatable bonds is 4. The lowest BCUT2D eigenvalue weighted by Crippen LogP contribution is -2.12. The van der Waals surface area contributed by atoms with Crippen molar-refractivity contribution in [3.05, 3.63) is 63.5 Å². The molecule has 2 heterocycles. The van der Waals surface area contributed by atoms with Gasteiger partial charge < -0.3 is 18.8 Å². The average molecular weight is 465 g/mol. The lowest BCUT2D eigenvalue weighted by atomic mass is 9.99. The van der Waals surface area contributed by atoms with Crippen LogP contribution in [0.25, 0.3) is 21.9 Å². The van der Waals surface area contributed by atoms with Gasteiger partial charge >= 0.3 is 0 Å². The molecule has 0 radical (unpaired) electrons. The Labute approximate surface area is 176 Å². The number of carbonyl (C=O) groups is 1. The second kappa shape index (κ2) is 7.62. The number of benzene rings is 2. The van der Waals surface area contributed by atoms with Gasteiger partial charge in [0, 0.05) is 27.4 Å². The predicted octanol–water partition coefficient (Wildman–Crippen LogP) is 5.67. The number of phenolic OH excluding ortho intramolecular Hbond substituents is 1. The monoisotopic (exact) mass is 463 g/mol. The first kappa shape index (κ1) is 20.5. The highest BCUT2D eigenvalue weighted by Crippen LogP contribution is 2.36. The van der Waals surface area contributed by atoms with Crippen molar-refractivity contribution in [1.29, 1.82) is 0 Å². The zero-order chi connectivity index (χ0) is 19.3. The Bertz CT molecular complexity index is 1190. The van der Waals surface area contributed by atoms with E-state index < -0.39 is 0 Å². The molecular formula is C21H19BrClNO4. The van der Waals surface area contributed by atoms with Crippen molar-refractivity contribution < 1.29 is 18.7 Å². The molecule has 2 aromatic heterocycles. The van der Waals surface area contributed by atoms with Gasteiger partial charge in [0.15, 0.2) is 5.76 Å². The van der Waals surface area contributed by atoms with Crippen LogP contribution in [0, 0.1) is 6.92 Å². The van der Waals surface area contributed by atoms with E-state index in [4.69, 9.17) is 8.83 Å².